The Morgan fingerprint density at radius 2 is 2.08 bits per heavy atom. The van der Waals surface area contributed by atoms with E-state index in [0.717, 1.165) is 0 Å². The molecule has 3 heteroatoms. The topological polar surface area (TPSA) is 43.1 Å². The molecule has 0 heterocycles. The number of carbonyl (C=O) groups is 1. The first-order chi connectivity index (χ1) is 6.24. The number of rotatable bonds is 4. The summed E-state index contributed by atoms with van der Waals surface area (Å²) >= 11 is 0. The number of halogens is 1. The second-order valence-electron chi connectivity index (χ2n) is 2.83. The number of hydrogen-bond donors (Lipinski definition) is 1. The summed E-state index contributed by atoms with van der Waals surface area (Å²) in [6.07, 6.45) is 0.750. The fourth-order valence-electron chi connectivity index (χ4n) is 1.08. The van der Waals surface area contributed by atoms with Gasteiger partial charge in [0.05, 0.1) is 6.54 Å². The molecule has 0 atom stereocenters. The van der Waals surface area contributed by atoms with Crippen molar-refractivity contribution in [3.63, 3.8) is 0 Å². The lowest BCUT2D eigenvalue weighted by Crippen LogP contribution is -2.14. The fraction of sp³-hybridized carbons (Fsp3) is 0.300. The van der Waals surface area contributed by atoms with E-state index in [2.05, 4.69) is 0 Å². The molecule has 0 bridgehead atoms. The Bertz CT molecular complexity index is 299. The highest BCUT2D eigenvalue weighted by atomic mass is 19.1. The number of carbonyl (C=O) groups excluding carboxylic acids is 1. The summed E-state index contributed by atoms with van der Waals surface area (Å²) in [5, 5.41) is 0. The third-order valence-corrected chi connectivity index (χ3v) is 1.86. The number of benzene rings is 1. The highest BCUT2D eigenvalue weighted by Gasteiger charge is 2.03. The van der Waals surface area contributed by atoms with E-state index in [1.165, 1.54) is 6.07 Å². The highest BCUT2D eigenvalue weighted by molar-refractivity contribution is 5.80. The van der Waals surface area contributed by atoms with Crippen molar-refractivity contribution in [3.05, 3.63) is 35.6 Å². The third-order valence-electron chi connectivity index (χ3n) is 1.86. The van der Waals surface area contributed by atoms with Crippen molar-refractivity contribution in [2.24, 2.45) is 5.73 Å². The van der Waals surface area contributed by atoms with Crippen LogP contribution in [0.2, 0.25) is 0 Å². The minimum Gasteiger partial charge on any atom is -0.324 e. The molecule has 0 aliphatic carbocycles. The second kappa shape index (κ2) is 4.72. The molecule has 0 aliphatic rings. The van der Waals surface area contributed by atoms with E-state index in [0.29, 0.717) is 18.4 Å². The zero-order valence-electron chi connectivity index (χ0n) is 7.29. The summed E-state index contributed by atoms with van der Waals surface area (Å²) in [4.78, 5) is 10.8. The smallest absolute Gasteiger partial charge is 0.146 e. The van der Waals surface area contributed by atoms with Gasteiger partial charge in [-0.15, -0.1) is 0 Å². The zero-order valence-corrected chi connectivity index (χ0v) is 7.29. The maximum absolute atomic E-state index is 13.0. The van der Waals surface area contributed by atoms with Gasteiger partial charge in [-0.05, 0) is 18.1 Å². The predicted octanol–water partition coefficient (Wildman–Crippen LogP) is 1.29. The second-order valence-corrected chi connectivity index (χ2v) is 2.83. The number of aryl methyl sites for hydroxylation is 1. The molecule has 1 rings (SSSR count). The van der Waals surface area contributed by atoms with Crippen LogP contribution in [0, 0.1) is 5.82 Å². The molecule has 0 saturated carbocycles. The van der Waals surface area contributed by atoms with E-state index in [1.54, 1.807) is 18.2 Å². The molecule has 0 unspecified atom stereocenters. The molecule has 0 fully saturated rings. The van der Waals surface area contributed by atoms with Gasteiger partial charge in [-0.2, -0.15) is 0 Å². The normalized spacial score (nSPS) is 10.0. The Labute approximate surface area is 76.6 Å². The van der Waals surface area contributed by atoms with Crippen molar-refractivity contribution < 1.29 is 9.18 Å². The molecular formula is C10H12FNO. The first-order valence-corrected chi connectivity index (χ1v) is 4.19. The van der Waals surface area contributed by atoms with Crippen LogP contribution in [0.25, 0.3) is 0 Å². The van der Waals surface area contributed by atoms with Crippen LogP contribution in [-0.4, -0.2) is 12.3 Å². The van der Waals surface area contributed by atoms with Crippen molar-refractivity contribution in [2.45, 2.75) is 12.8 Å². The van der Waals surface area contributed by atoms with Gasteiger partial charge in [0, 0.05) is 6.42 Å². The van der Waals surface area contributed by atoms with Crippen molar-refractivity contribution >= 4 is 5.78 Å². The number of Topliss-reactive ketones (excluding diaryl/α,β-unsaturated/α-hetero) is 1. The minimum absolute atomic E-state index is 0.0362. The Morgan fingerprint density at radius 1 is 1.38 bits per heavy atom. The Kier molecular flexibility index (Phi) is 3.58. The van der Waals surface area contributed by atoms with Gasteiger partial charge in [0.15, 0.2) is 0 Å². The average molecular weight is 181 g/mol. The molecule has 0 spiro atoms. The van der Waals surface area contributed by atoms with Gasteiger partial charge in [0.25, 0.3) is 0 Å². The van der Waals surface area contributed by atoms with E-state index in [4.69, 9.17) is 5.73 Å². The van der Waals surface area contributed by atoms with Crippen molar-refractivity contribution in [1.82, 2.24) is 0 Å². The molecule has 2 N–H and O–H groups in total. The lowest BCUT2D eigenvalue weighted by molar-refractivity contribution is -0.117. The quantitative estimate of drug-likeness (QED) is 0.760. The molecule has 0 aromatic heterocycles. The number of ketones is 1. The molecule has 0 saturated heterocycles. The number of nitrogens with two attached hydrogens (primary N) is 1. The van der Waals surface area contributed by atoms with Crippen LogP contribution in [0.1, 0.15) is 12.0 Å². The van der Waals surface area contributed by atoms with E-state index in [-0.39, 0.29) is 18.1 Å². The first kappa shape index (κ1) is 9.86. The summed E-state index contributed by atoms with van der Waals surface area (Å²) in [5.74, 6) is -0.296. The van der Waals surface area contributed by atoms with Gasteiger partial charge < -0.3 is 5.73 Å². The first-order valence-electron chi connectivity index (χ1n) is 4.19. The van der Waals surface area contributed by atoms with Crippen LogP contribution >= 0.6 is 0 Å². The maximum Gasteiger partial charge on any atom is 0.146 e. The summed E-state index contributed by atoms with van der Waals surface area (Å²) in [6.45, 7) is 0.0362. The molecule has 0 amide bonds. The summed E-state index contributed by atoms with van der Waals surface area (Å²) < 4.78 is 13.0. The van der Waals surface area contributed by atoms with Crippen LogP contribution in [0.4, 0.5) is 4.39 Å². The van der Waals surface area contributed by atoms with Crippen LogP contribution in [0.5, 0.6) is 0 Å². The molecule has 2 nitrogen and oxygen atoms in total. The number of hydrogen-bond acceptors (Lipinski definition) is 2. The lowest BCUT2D eigenvalue weighted by atomic mass is 10.1. The van der Waals surface area contributed by atoms with Gasteiger partial charge in [0.1, 0.15) is 11.6 Å². The molecule has 1 aromatic rings. The monoisotopic (exact) mass is 181 g/mol. The van der Waals surface area contributed by atoms with E-state index in [9.17, 15) is 9.18 Å². The third kappa shape index (κ3) is 2.95. The molecule has 0 aliphatic heterocycles. The van der Waals surface area contributed by atoms with Gasteiger partial charge in [0.2, 0.25) is 0 Å². The predicted molar refractivity (Wildman–Crippen MR) is 48.8 cm³/mol. The van der Waals surface area contributed by atoms with Gasteiger partial charge in [-0.1, -0.05) is 18.2 Å². The standard InChI is InChI=1S/C10H12FNO/c11-10-4-2-1-3-8(10)5-6-9(13)7-12/h1-4H,5-7,12H2. The molecule has 13 heavy (non-hydrogen) atoms. The highest BCUT2D eigenvalue weighted by Crippen LogP contribution is 2.08. The van der Waals surface area contributed by atoms with E-state index in [1.807, 2.05) is 0 Å². The Morgan fingerprint density at radius 3 is 2.69 bits per heavy atom. The fourth-order valence-corrected chi connectivity index (χ4v) is 1.08. The van der Waals surface area contributed by atoms with Gasteiger partial charge >= 0.3 is 0 Å². The summed E-state index contributed by atoms with van der Waals surface area (Å²) in [5.41, 5.74) is 5.70. The van der Waals surface area contributed by atoms with Crippen LogP contribution in [0.3, 0.4) is 0 Å². The molecule has 1 aromatic carbocycles. The Balaban J connectivity index is 2.54. The molecule has 70 valence electrons. The minimum atomic E-state index is -0.257. The van der Waals surface area contributed by atoms with Crippen molar-refractivity contribution in [3.8, 4) is 0 Å². The van der Waals surface area contributed by atoms with E-state index >= 15 is 0 Å². The zero-order chi connectivity index (χ0) is 9.68. The molecular weight excluding hydrogens is 169 g/mol. The van der Waals surface area contributed by atoms with E-state index < -0.39 is 0 Å². The summed E-state index contributed by atoms with van der Waals surface area (Å²) in [6, 6.07) is 6.45. The molecule has 0 radical (unpaired) electrons. The SMILES string of the molecule is NCC(=O)CCc1ccccc1F. The van der Waals surface area contributed by atoms with Crippen molar-refractivity contribution in [1.29, 1.82) is 0 Å². The maximum atomic E-state index is 13.0. The largest absolute Gasteiger partial charge is 0.324 e. The van der Waals surface area contributed by atoms with Crippen LogP contribution < -0.4 is 5.73 Å². The van der Waals surface area contributed by atoms with Crippen molar-refractivity contribution in [2.75, 3.05) is 6.54 Å². The average Bonchev–Trinajstić information content (AvgIpc) is 2.16. The van der Waals surface area contributed by atoms with Gasteiger partial charge in [-0.25, -0.2) is 4.39 Å². The van der Waals surface area contributed by atoms with Crippen LogP contribution in [-0.2, 0) is 11.2 Å². The van der Waals surface area contributed by atoms with Gasteiger partial charge in [-0.3, -0.25) is 4.79 Å². The van der Waals surface area contributed by atoms with Crippen LogP contribution in [0.15, 0.2) is 24.3 Å². The Hall–Kier alpha value is -1.22. The summed E-state index contributed by atoms with van der Waals surface area (Å²) in [7, 11) is 0. The lowest BCUT2D eigenvalue weighted by Gasteiger charge is -2.00.